The zero-order chi connectivity index (χ0) is 32.4. The topological polar surface area (TPSA) is 116 Å². The largest absolute Gasteiger partial charge is 2.00 e. The van der Waals surface area contributed by atoms with E-state index in [1.807, 2.05) is 111 Å². The quantitative estimate of drug-likeness (QED) is 0.0883. The van der Waals surface area contributed by atoms with Crippen molar-refractivity contribution in [3.8, 4) is 0 Å². The Morgan fingerprint density at radius 1 is 0.533 bits per heavy atom. The third-order valence-corrected chi connectivity index (χ3v) is 5.92. The molecule has 4 rings (SSSR count). The van der Waals surface area contributed by atoms with Crippen molar-refractivity contribution in [1.82, 2.24) is 9.97 Å². The van der Waals surface area contributed by atoms with Crippen molar-refractivity contribution in [3.05, 3.63) is 146 Å². The molecule has 2 N–H and O–H groups in total. The number of hydrogen-bond acceptors (Lipinski definition) is 8. The molecule has 0 saturated heterocycles. The monoisotopic (exact) mass is 651 g/mol. The fourth-order valence-corrected chi connectivity index (χ4v) is 3.10. The molecular formula is C36H44CoN6O2. The van der Waals surface area contributed by atoms with Gasteiger partial charge in [-0.3, -0.25) is 20.0 Å². The van der Waals surface area contributed by atoms with E-state index < -0.39 is 0 Å². The first-order valence-electron chi connectivity index (χ1n) is 14.2. The van der Waals surface area contributed by atoms with Gasteiger partial charge in [0.25, 0.3) is 0 Å². The van der Waals surface area contributed by atoms with Gasteiger partial charge >= 0.3 is 16.8 Å². The normalized spacial score (nSPS) is 11.3. The van der Waals surface area contributed by atoms with E-state index >= 15 is 0 Å². The van der Waals surface area contributed by atoms with Crippen molar-refractivity contribution in [2.75, 3.05) is 13.1 Å². The van der Waals surface area contributed by atoms with Crippen molar-refractivity contribution in [1.29, 1.82) is 0 Å². The Bertz CT molecular complexity index is 1300. The van der Waals surface area contributed by atoms with E-state index in [1.54, 1.807) is 26.2 Å². The number of aliphatic imine (C=N–C) groups is 2. The first-order valence-corrected chi connectivity index (χ1v) is 14.2. The molecule has 9 heteroatoms. The number of benzene rings is 2. The van der Waals surface area contributed by atoms with Crippen molar-refractivity contribution < 1.29 is 27.2 Å². The SMILES string of the molecule is CC(=NO)C(C)=NCCc1ccccn1.CC(=NO)C(C)=NCCc1ccccn1.[CH2-]c1ccccc1.[CH2-]c1ccccc1.[Co+2]. The molecule has 0 unspecified atom stereocenters. The second kappa shape index (κ2) is 25.7. The fourth-order valence-electron chi connectivity index (χ4n) is 3.10. The summed E-state index contributed by atoms with van der Waals surface area (Å²) in [6.45, 7) is 15.9. The average Bonchev–Trinajstić information content (AvgIpc) is 3.06. The molecule has 8 nitrogen and oxygen atoms in total. The third-order valence-electron chi connectivity index (χ3n) is 5.92. The first-order chi connectivity index (χ1) is 21.3. The maximum atomic E-state index is 8.52. The molecule has 239 valence electrons. The van der Waals surface area contributed by atoms with Crippen LogP contribution in [0.1, 0.15) is 50.2 Å². The smallest absolute Gasteiger partial charge is 0.411 e. The van der Waals surface area contributed by atoms with Crippen molar-refractivity contribution in [2.24, 2.45) is 20.3 Å². The molecule has 1 radical (unpaired) electrons. The van der Waals surface area contributed by atoms with Gasteiger partial charge in [0.1, 0.15) is 0 Å². The van der Waals surface area contributed by atoms with Gasteiger partial charge in [-0.05, 0) is 52.0 Å². The number of nitrogens with zero attached hydrogens (tertiary/aromatic N) is 6. The summed E-state index contributed by atoms with van der Waals surface area (Å²) >= 11 is 0. The zero-order valence-electron chi connectivity index (χ0n) is 26.5. The molecule has 45 heavy (non-hydrogen) atoms. The van der Waals surface area contributed by atoms with Gasteiger partial charge in [0.05, 0.1) is 22.8 Å². The Balaban J connectivity index is 0.000000602. The standard InChI is InChI=1S/2C11H15N3O.2C7H7.Co/c2*1-9(10(2)14-15)12-8-6-11-5-3-4-7-13-11;2*1-7-5-3-2-4-6-7;/h2*3-5,7,15H,6,8H2,1-2H3;2*2-6H,1H2;/q;;2*-1;+2. The van der Waals surface area contributed by atoms with Gasteiger partial charge in [-0.1, -0.05) is 34.6 Å². The molecular weight excluding hydrogens is 607 g/mol. The van der Waals surface area contributed by atoms with Crippen LogP contribution >= 0.6 is 0 Å². The number of hydrogen-bond donors (Lipinski definition) is 2. The summed E-state index contributed by atoms with van der Waals surface area (Å²) < 4.78 is 0. The Kier molecular flexibility index (Phi) is 23.0. The van der Waals surface area contributed by atoms with Gasteiger partial charge in [0.15, 0.2) is 0 Å². The molecule has 2 heterocycles. The minimum Gasteiger partial charge on any atom is -0.411 e. The Hall–Kier alpha value is -4.73. The second-order valence-electron chi connectivity index (χ2n) is 9.42. The van der Waals surface area contributed by atoms with E-state index in [4.69, 9.17) is 10.4 Å². The molecule has 0 bridgehead atoms. The van der Waals surface area contributed by atoms with Gasteiger partial charge in [-0.25, -0.2) is 0 Å². The summed E-state index contributed by atoms with van der Waals surface area (Å²) in [4.78, 5) is 16.9. The Morgan fingerprint density at radius 3 is 1.11 bits per heavy atom. The molecule has 0 amide bonds. The van der Waals surface area contributed by atoms with Crippen LogP contribution in [0.4, 0.5) is 0 Å². The van der Waals surface area contributed by atoms with Gasteiger partial charge in [-0.2, -0.15) is 49.2 Å². The van der Waals surface area contributed by atoms with Gasteiger partial charge in [0, 0.05) is 49.7 Å². The number of pyridine rings is 2. The molecule has 0 saturated carbocycles. The maximum Gasteiger partial charge on any atom is 2.00 e. The van der Waals surface area contributed by atoms with Crippen LogP contribution in [0.25, 0.3) is 0 Å². The number of rotatable bonds is 8. The summed E-state index contributed by atoms with van der Waals surface area (Å²) in [7, 11) is 0. The van der Waals surface area contributed by atoms with E-state index in [9.17, 15) is 0 Å². The summed E-state index contributed by atoms with van der Waals surface area (Å²) in [6.07, 6.45) is 5.15. The molecule has 2 aromatic heterocycles. The van der Waals surface area contributed by atoms with E-state index in [0.29, 0.717) is 24.5 Å². The van der Waals surface area contributed by atoms with Crippen molar-refractivity contribution in [3.63, 3.8) is 0 Å². The van der Waals surface area contributed by atoms with Crippen LogP contribution < -0.4 is 0 Å². The van der Waals surface area contributed by atoms with Crippen LogP contribution in [0.5, 0.6) is 0 Å². The number of aromatic nitrogens is 2. The third kappa shape index (κ3) is 20.7. The van der Waals surface area contributed by atoms with E-state index in [1.165, 1.54) is 0 Å². The maximum absolute atomic E-state index is 8.52. The minimum absolute atomic E-state index is 0. The van der Waals surface area contributed by atoms with Crippen LogP contribution in [0.15, 0.2) is 130 Å². The summed E-state index contributed by atoms with van der Waals surface area (Å²) in [5.74, 6) is 0. The Morgan fingerprint density at radius 2 is 0.867 bits per heavy atom. The summed E-state index contributed by atoms with van der Waals surface area (Å²) in [5, 5.41) is 23.2. The van der Waals surface area contributed by atoms with Crippen LogP contribution in [0.3, 0.4) is 0 Å². The van der Waals surface area contributed by atoms with Gasteiger partial charge in [0.2, 0.25) is 0 Å². The molecule has 4 aromatic rings. The molecule has 0 aliphatic heterocycles. The predicted octanol–water partition coefficient (Wildman–Crippen LogP) is 7.61. The summed E-state index contributed by atoms with van der Waals surface area (Å²) in [6, 6.07) is 31.4. The van der Waals surface area contributed by atoms with E-state index in [-0.39, 0.29) is 16.8 Å². The average molecular weight is 652 g/mol. The fraction of sp³-hybridized carbons (Fsp3) is 0.222. The van der Waals surface area contributed by atoms with Gasteiger partial charge < -0.3 is 10.4 Å². The van der Waals surface area contributed by atoms with Gasteiger partial charge in [-0.15, -0.1) is 24.3 Å². The molecule has 0 atom stereocenters. The van der Waals surface area contributed by atoms with Crippen LogP contribution in [-0.4, -0.2) is 56.3 Å². The predicted molar refractivity (Wildman–Crippen MR) is 183 cm³/mol. The van der Waals surface area contributed by atoms with E-state index in [0.717, 1.165) is 46.8 Å². The van der Waals surface area contributed by atoms with Crippen molar-refractivity contribution in [2.45, 2.75) is 40.5 Å². The molecule has 0 aliphatic rings. The first kappa shape index (κ1) is 40.3. The van der Waals surface area contributed by atoms with Crippen LogP contribution in [0.2, 0.25) is 0 Å². The Labute approximate surface area is 279 Å². The van der Waals surface area contributed by atoms with Crippen LogP contribution in [-0.2, 0) is 29.6 Å². The molecule has 0 aliphatic carbocycles. The van der Waals surface area contributed by atoms with E-state index in [2.05, 4.69) is 44.1 Å². The minimum atomic E-state index is 0. The second-order valence-corrected chi connectivity index (χ2v) is 9.42. The molecule has 2 aromatic carbocycles. The van der Waals surface area contributed by atoms with Crippen LogP contribution in [0, 0.1) is 13.8 Å². The molecule has 0 spiro atoms. The number of oxime groups is 2. The molecule has 0 fully saturated rings. The summed E-state index contributed by atoms with van der Waals surface area (Å²) in [5.41, 5.74) is 6.80. The zero-order valence-corrected chi connectivity index (χ0v) is 27.6. The van der Waals surface area contributed by atoms with Crippen molar-refractivity contribution >= 4 is 22.8 Å².